The molecule has 0 radical (unpaired) electrons. The number of likely N-dealkylation sites (tertiary alicyclic amines) is 2. The average molecular weight is 299 g/mol. The van der Waals surface area contributed by atoms with Gasteiger partial charge in [0.15, 0.2) is 0 Å². The second-order valence-corrected chi connectivity index (χ2v) is 6.27. The summed E-state index contributed by atoms with van der Waals surface area (Å²) in [4.78, 5) is 26.5. The Hall–Kier alpha value is -1.34. The van der Waals surface area contributed by atoms with E-state index in [1.54, 1.807) is 4.90 Å². The SMILES string of the molecule is CC(CNC(=O)N1CC(C)(OCC(=O)O)C1)N1CCCC1. The van der Waals surface area contributed by atoms with E-state index in [4.69, 9.17) is 9.84 Å². The van der Waals surface area contributed by atoms with Crippen LogP contribution in [0.25, 0.3) is 0 Å². The lowest BCUT2D eigenvalue weighted by Gasteiger charge is -2.47. The molecule has 2 rings (SSSR count). The lowest BCUT2D eigenvalue weighted by atomic mass is 9.97. The molecule has 0 saturated carbocycles. The zero-order valence-electron chi connectivity index (χ0n) is 12.8. The number of nitrogens with one attached hydrogen (secondary N) is 1. The molecule has 21 heavy (non-hydrogen) atoms. The summed E-state index contributed by atoms with van der Waals surface area (Å²) in [5.41, 5.74) is -0.531. The van der Waals surface area contributed by atoms with Crippen molar-refractivity contribution in [2.45, 2.75) is 38.3 Å². The molecule has 120 valence electrons. The number of amides is 2. The van der Waals surface area contributed by atoms with E-state index < -0.39 is 11.6 Å². The molecule has 2 heterocycles. The molecule has 0 aromatic heterocycles. The summed E-state index contributed by atoms with van der Waals surface area (Å²) in [6, 6.07) is 0.254. The number of hydrogen-bond acceptors (Lipinski definition) is 4. The van der Waals surface area contributed by atoms with E-state index in [0.29, 0.717) is 25.7 Å². The fourth-order valence-electron chi connectivity index (χ4n) is 2.89. The molecule has 2 saturated heterocycles. The molecule has 0 aromatic carbocycles. The maximum Gasteiger partial charge on any atom is 0.329 e. The zero-order chi connectivity index (χ0) is 15.5. The number of urea groups is 1. The summed E-state index contributed by atoms with van der Waals surface area (Å²) in [6.45, 7) is 7.37. The third-order valence-corrected chi connectivity index (χ3v) is 4.19. The largest absolute Gasteiger partial charge is 0.480 e. The van der Waals surface area contributed by atoms with Crippen molar-refractivity contribution in [1.29, 1.82) is 0 Å². The van der Waals surface area contributed by atoms with Crippen LogP contribution in [0, 0.1) is 0 Å². The first-order chi connectivity index (χ1) is 9.89. The molecule has 2 N–H and O–H groups in total. The Morgan fingerprint density at radius 1 is 1.33 bits per heavy atom. The highest BCUT2D eigenvalue weighted by molar-refractivity contribution is 5.75. The maximum absolute atomic E-state index is 12.0. The molecule has 2 aliphatic rings. The summed E-state index contributed by atoms with van der Waals surface area (Å²) in [5.74, 6) is -0.987. The first-order valence-electron chi connectivity index (χ1n) is 7.52. The first-order valence-corrected chi connectivity index (χ1v) is 7.52. The molecule has 0 spiro atoms. The molecule has 0 aliphatic carbocycles. The molecular formula is C14H25N3O4. The van der Waals surface area contributed by atoms with E-state index in [9.17, 15) is 9.59 Å². The van der Waals surface area contributed by atoms with Gasteiger partial charge >= 0.3 is 12.0 Å². The van der Waals surface area contributed by atoms with Gasteiger partial charge in [0, 0.05) is 12.6 Å². The highest BCUT2D eigenvalue weighted by Crippen LogP contribution is 2.24. The summed E-state index contributed by atoms with van der Waals surface area (Å²) in [7, 11) is 0. The summed E-state index contributed by atoms with van der Waals surface area (Å²) in [5, 5.41) is 11.5. The third kappa shape index (κ3) is 4.31. The minimum Gasteiger partial charge on any atom is -0.480 e. The van der Waals surface area contributed by atoms with Gasteiger partial charge in [0.05, 0.1) is 13.1 Å². The number of aliphatic carboxylic acids is 1. The molecule has 2 amide bonds. The van der Waals surface area contributed by atoms with Crippen molar-refractivity contribution < 1.29 is 19.4 Å². The number of carbonyl (C=O) groups excluding carboxylic acids is 1. The van der Waals surface area contributed by atoms with E-state index in [2.05, 4.69) is 17.1 Å². The number of carbonyl (C=O) groups is 2. The van der Waals surface area contributed by atoms with Crippen molar-refractivity contribution >= 4 is 12.0 Å². The van der Waals surface area contributed by atoms with Crippen LogP contribution in [0.4, 0.5) is 4.79 Å². The van der Waals surface area contributed by atoms with Crippen LogP contribution >= 0.6 is 0 Å². The maximum atomic E-state index is 12.0. The summed E-state index contributed by atoms with van der Waals surface area (Å²) < 4.78 is 5.28. The number of carboxylic acid groups (broad SMARTS) is 1. The van der Waals surface area contributed by atoms with Gasteiger partial charge in [0.1, 0.15) is 12.2 Å². The standard InChI is InChI=1S/C14H25N3O4/c1-11(16-5-3-4-6-16)7-15-13(20)17-9-14(2,10-17)21-8-12(18)19/h11H,3-10H2,1-2H3,(H,15,20)(H,18,19). The normalized spacial score (nSPS) is 22.7. The Morgan fingerprint density at radius 2 is 1.95 bits per heavy atom. The van der Waals surface area contributed by atoms with Gasteiger partial charge < -0.3 is 20.1 Å². The van der Waals surface area contributed by atoms with E-state index >= 15 is 0 Å². The van der Waals surface area contributed by atoms with E-state index in [-0.39, 0.29) is 12.6 Å². The molecule has 0 bridgehead atoms. The predicted molar refractivity (Wildman–Crippen MR) is 77.2 cm³/mol. The van der Waals surface area contributed by atoms with Crippen LogP contribution in [0.2, 0.25) is 0 Å². The first kappa shape index (κ1) is 16.0. The van der Waals surface area contributed by atoms with Crippen LogP contribution < -0.4 is 5.32 Å². The molecule has 2 aliphatic heterocycles. The Morgan fingerprint density at radius 3 is 2.52 bits per heavy atom. The van der Waals surface area contributed by atoms with Gasteiger partial charge in [-0.1, -0.05) is 0 Å². The fourth-order valence-corrected chi connectivity index (χ4v) is 2.89. The van der Waals surface area contributed by atoms with Crippen LogP contribution in [0.1, 0.15) is 26.7 Å². The Labute approximate surface area is 125 Å². The molecule has 7 heteroatoms. The van der Waals surface area contributed by atoms with E-state index in [1.807, 2.05) is 6.92 Å². The van der Waals surface area contributed by atoms with Crippen LogP contribution in [-0.4, -0.2) is 77.9 Å². The van der Waals surface area contributed by atoms with Crippen LogP contribution in [0.3, 0.4) is 0 Å². The minimum absolute atomic E-state index is 0.0996. The van der Waals surface area contributed by atoms with Crippen molar-refractivity contribution in [3.8, 4) is 0 Å². The van der Waals surface area contributed by atoms with E-state index in [0.717, 1.165) is 13.1 Å². The highest BCUT2D eigenvalue weighted by atomic mass is 16.5. The Bertz CT molecular complexity index is 390. The monoisotopic (exact) mass is 299 g/mol. The van der Waals surface area contributed by atoms with Crippen LogP contribution in [0.15, 0.2) is 0 Å². The van der Waals surface area contributed by atoms with Crippen molar-refractivity contribution in [1.82, 2.24) is 15.1 Å². The number of ether oxygens (including phenoxy) is 1. The smallest absolute Gasteiger partial charge is 0.329 e. The third-order valence-electron chi connectivity index (χ3n) is 4.19. The van der Waals surface area contributed by atoms with Crippen molar-refractivity contribution in [3.05, 3.63) is 0 Å². The van der Waals surface area contributed by atoms with Gasteiger partial charge in [0.2, 0.25) is 0 Å². The zero-order valence-corrected chi connectivity index (χ0v) is 12.8. The van der Waals surface area contributed by atoms with Gasteiger partial charge in [-0.25, -0.2) is 9.59 Å². The average Bonchev–Trinajstić information content (AvgIpc) is 2.93. The van der Waals surface area contributed by atoms with Gasteiger partial charge in [-0.2, -0.15) is 0 Å². The van der Waals surface area contributed by atoms with Crippen molar-refractivity contribution in [2.24, 2.45) is 0 Å². The van der Waals surface area contributed by atoms with Gasteiger partial charge in [-0.05, 0) is 39.8 Å². The second kappa shape index (κ2) is 6.62. The highest BCUT2D eigenvalue weighted by Gasteiger charge is 2.42. The van der Waals surface area contributed by atoms with Crippen molar-refractivity contribution in [3.63, 3.8) is 0 Å². The predicted octanol–water partition coefficient (Wildman–Crippen LogP) is 0.356. The van der Waals surface area contributed by atoms with Crippen LogP contribution in [-0.2, 0) is 9.53 Å². The number of nitrogens with zero attached hydrogens (tertiary/aromatic N) is 2. The lowest BCUT2D eigenvalue weighted by molar-refractivity contribution is -0.159. The lowest BCUT2D eigenvalue weighted by Crippen LogP contribution is -2.65. The van der Waals surface area contributed by atoms with Gasteiger partial charge in [-0.15, -0.1) is 0 Å². The molecule has 2 fully saturated rings. The van der Waals surface area contributed by atoms with Gasteiger partial charge in [0.25, 0.3) is 0 Å². The minimum atomic E-state index is -0.987. The summed E-state index contributed by atoms with van der Waals surface area (Å²) >= 11 is 0. The number of hydrogen-bond donors (Lipinski definition) is 2. The number of carboxylic acids is 1. The van der Waals surface area contributed by atoms with Crippen molar-refractivity contribution in [2.75, 3.05) is 39.3 Å². The molecule has 1 atom stereocenters. The molecule has 7 nitrogen and oxygen atoms in total. The number of rotatable bonds is 6. The second-order valence-electron chi connectivity index (χ2n) is 6.27. The van der Waals surface area contributed by atoms with Crippen LogP contribution in [0.5, 0.6) is 0 Å². The topological polar surface area (TPSA) is 82.1 Å². The Balaban J connectivity index is 1.65. The van der Waals surface area contributed by atoms with Gasteiger partial charge in [-0.3, -0.25) is 4.90 Å². The summed E-state index contributed by atoms with van der Waals surface area (Å²) in [6.07, 6.45) is 2.48. The molecular weight excluding hydrogens is 274 g/mol. The fraction of sp³-hybridized carbons (Fsp3) is 0.857. The quantitative estimate of drug-likeness (QED) is 0.740. The Kier molecular flexibility index (Phi) is 5.05. The van der Waals surface area contributed by atoms with E-state index in [1.165, 1.54) is 12.8 Å². The molecule has 0 aromatic rings. The molecule has 1 unspecified atom stereocenters.